The first-order chi connectivity index (χ1) is 7.79. The van der Waals surface area contributed by atoms with E-state index in [0.717, 1.165) is 5.82 Å². The second kappa shape index (κ2) is 3.86. The normalized spacial score (nSPS) is 34.5. The number of hydrogen-bond donors (Lipinski definition) is 1. The van der Waals surface area contributed by atoms with Gasteiger partial charge in [-0.25, -0.2) is 4.98 Å². The summed E-state index contributed by atoms with van der Waals surface area (Å²) in [5.41, 5.74) is 0. The molecule has 3 heterocycles. The van der Waals surface area contributed by atoms with E-state index in [0.29, 0.717) is 24.2 Å². The maximum atomic E-state index is 5.93. The quantitative estimate of drug-likeness (QED) is 0.835. The Kier molecular flexibility index (Phi) is 2.48. The molecule has 1 N–H and O–H groups in total. The number of fused-ring (bicyclic) bond motifs is 2. The molecule has 4 heteroatoms. The van der Waals surface area contributed by atoms with Gasteiger partial charge in [-0.1, -0.05) is 0 Å². The van der Waals surface area contributed by atoms with Crippen LogP contribution in [0.4, 0.5) is 0 Å². The number of ether oxygens (including phenoxy) is 1. The van der Waals surface area contributed by atoms with Crippen molar-refractivity contribution in [2.45, 2.75) is 37.5 Å². The first kappa shape index (κ1) is 10.3. The van der Waals surface area contributed by atoms with E-state index in [1.165, 1.54) is 19.3 Å². The number of aryl methyl sites for hydroxylation is 1. The van der Waals surface area contributed by atoms with Crippen molar-refractivity contribution >= 4 is 0 Å². The highest BCUT2D eigenvalue weighted by Crippen LogP contribution is 2.44. The number of nitrogens with zero attached hydrogens (tertiary/aromatic N) is 2. The Labute approximate surface area is 96.0 Å². The zero-order chi connectivity index (χ0) is 11.1. The lowest BCUT2D eigenvalue weighted by Gasteiger charge is -2.27. The molecule has 1 aromatic rings. The Bertz CT molecular complexity index is 376. The van der Waals surface area contributed by atoms with Gasteiger partial charge in [0.2, 0.25) is 0 Å². The molecule has 0 aliphatic carbocycles. The summed E-state index contributed by atoms with van der Waals surface area (Å²) in [5.74, 6) is 1.72. The Morgan fingerprint density at radius 3 is 2.94 bits per heavy atom. The second-order valence-corrected chi connectivity index (χ2v) is 4.94. The van der Waals surface area contributed by atoms with Gasteiger partial charge in [0.05, 0.1) is 18.2 Å². The molecule has 2 fully saturated rings. The molecule has 88 valence electrons. The Balaban J connectivity index is 1.84. The van der Waals surface area contributed by atoms with E-state index in [4.69, 9.17) is 4.74 Å². The number of hydrogen-bond acceptors (Lipinski definition) is 3. The summed E-state index contributed by atoms with van der Waals surface area (Å²) in [4.78, 5) is 4.46. The summed E-state index contributed by atoms with van der Waals surface area (Å²) >= 11 is 0. The molecular weight excluding hydrogens is 202 g/mol. The minimum absolute atomic E-state index is 0.329. The van der Waals surface area contributed by atoms with E-state index >= 15 is 0 Å². The minimum Gasteiger partial charge on any atom is -0.375 e. The standard InChI is InChI=1S/C12H19N3O/c1-13-11(12-14-5-6-15(12)2)9-7-8-3-4-10(9)16-8/h5-6,8-11,13H,3-4,7H2,1-2H3. The molecule has 0 aromatic carbocycles. The van der Waals surface area contributed by atoms with Gasteiger partial charge in [-0.2, -0.15) is 0 Å². The Morgan fingerprint density at radius 1 is 1.56 bits per heavy atom. The van der Waals surface area contributed by atoms with E-state index in [-0.39, 0.29) is 0 Å². The number of rotatable bonds is 3. The SMILES string of the molecule is CNC(c1nccn1C)C1CC2CCC1O2. The van der Waals surface area contributed by atoms with Gasteiger partial charge in [0.15, 0.2) is 0 Å². The molecule has 4 unspecified atom stereocenters. The van der Waals surface area contributed by atoms with Crippen molar-refractivity contribution < 1.29 is 4.74 Å². The molecule has 3 rings (SSSR count). The van der Waals surface area contributed by atoms with E-state index in [1.54, 1.807) is 0 Å². The van der Waals surface area contributed by atoms with Crippen LogP contribution in [-0.4, -0.2) is 28.8 Å². The number of aromatic nitrogens is 2. The van der Waals surface area contributed by atoms with Crippen LogP contribution in [0.5, 0.6) is 0 Å². The largest absolute Gasteiger partial charge is 0.375 e. The van der Waals surface area contributed by atoms with Gasteiger partial charge in [0, 0.05) is 25.4 Å². The lowest BCUT2D eigenvalue weighted by atomic mass is 9.83. The van der Waals surface area contributed by atoms with Crippen molar-refractivity contribution in [3.8, 4) is 0 Å². The molecule has 2 aliphatic rings. The number of imidazole rings is 1. The fourth-order valence-electron chi connectivity index (χ4n) is 3.24. The molecule has 0 radical (unpaired) electrons. The van der Waals surface area contributed by atoms with Crippen LogP contribution in [0.3, 0.4) is 0 Å². The fourth-order valence-corrected chi connectivity index (χ4v) is 3.24. The Morgan fingerprint density at radius 2 is 2.44 bits per heavy atom. The minimum atomic E-state index is 0.329. The lowest BCUT2D eigenvalue weighted by molar-refractivity contribution is 0.0854. The summed E-state index contributed by atoms with van der Waals surface area (Å²) in [6.45, 7) is 0. The van der Waals surface area contributed by atoms with Gasteiger partial charge in [0.1, 0.15) is 5.82 Å². The average molecular weight is 221 g/mol. The Hall–Kier alpha value is -0.870. The molecule has 4 nitrogen and oxygen atoms in total. The highest BCUT2D eigenvalue weighted by Gasteiger charge is 2.45. The first-order valence-electron chi connectivity index (χ1n) is 6.09. The highest BCUT2D eigenvalue weighted by atomic mass is 16.5. The van der Waals surface area contributed by atoms with Crippen LogP contribution in [-0.2, 0) is 11.8 Å². The van der Waals surface area contributed by atoms with Gasteiger partial charge in [-0.3, -0.25) is 0 Å². The average Bonchev–Trinajstić information content (AvgIpc) is 2.97. The predicted molar refractivity (Wildman–Crippen MR) is 61.0 cm³/mol. The van der Waals surface area contributed by atoms with Gasteiger partial charge in [0.25, 0.3) is 0 Å². The van der Waals surface area contributed by atoms with Gasteiger partial charge >= 0.3 is 0 Å². The molecule has 2 aliphatic heterocycles. The third-order valence-corrected chi connectivity index (χ3v) is 4.03. The van der Waals surface area contributed by atoms with E-state index in [9.17, 15) is 0 Å². The zero-order valence-corrected chi connectivity index (χ0v) is 9.89. The van der Waals surface area contributed by atoms with E-state index < -0.39 is 0 Å². The van der Waals surface area contributed by atoms with E-state index in [1.807, 2.05) is 19.4 Å². The van der Waals surface area contributed by atoms with Crippen LogP contribution in [0.25, 0.3) is 0 Å². The summed E-state index contributed by atoms with van der Waals surface area (Å²) in [6, 6.07) is 0.329. The third-order valence-electron chi connectivity index (χ3n) is 4.03. The zero-order valence-electron chi connectivity index (χ0n) is 9.89. The first-order valence-corrected chi connectivity index (χ1v) is 6.09. The molecule has 0 amide bonds. The van der Waals surface area contributed by atoms with Gasteiger partial charge in [-0.05, 0) is 26.3 Å². The summed E-state index contributed by atoms with van der Waals surface area (Å²) in [5, 5.41) is 3.41. The fraction of sp³-hybridized carbons (Fsp3) is 0.750. The molecular formula is C12H19N3O. The van der Waals surface area contributed by atoms with Crippen molar-refractivity contribution in [3.63, 3.8) is 0 Å². The molecule has 2 saturated heterocycles. The highest BCUT2D eigenvalue weighted by molar-refractivity contribution is 5.06. The molecule has 0 saturated carbocycles. The van der Waals surface area contributed by atoms with Crippen molar-refractivity contribution in [2.75, 3.05) is 7.05 Å². The molecule has 2 bridgehead atoms. The summed E-state index contributed by atoms with van der Waals surface area (Å²) < 4.78 is 8.03. The third kappa shape index (κ3) is 1.48. The molecule has 4 atom stereocenters. The van der Waals surface area contributed by atoms with Crippen LogP contribution in [0.1, 0.15) is 31.1 Å². The van der Waals surface area contributed by atoms with Crippen LogP contribution in [0.2, 0.25) is 0 Å². The van der Waals surface area contributed by atoms with E-state index in [2.05, 4.69) is 21.9 Å². The summed E-state index contributed by atoms with van der Waals surface area (Å²) in [7, 11) is 4.08. The predicted octanol–water partition coefficient (Wildman–Crippen LogP) is 1.25. The van der Waals surface area contributed by atoms with Crippen LogP contribution in [0.15, 0.2) is 12.4 Å². The molecule has 1 aromatic heterocycles. The van der Waals surface area contributed by atoms with Crippen LogP contribution < -0.4 is 5.32 Å². The summed E-state index contributed by atoms with van der Waals surface area (Å²) in [6.07, 6.45) is 8.48. The second-order valence-electron chi connectivity index (χ2n) is 4.94. The maximum absolute atomic E-state index is 5.93. The van der Waals surface area contributed by atoms with Crippen LogP contribution >= 0.6 is 0 Å². The smallest absolute Gasteiger partial charge is 0.125 e. The molecule has 0 spiro atoms. The van der Waals surface area contributed by atoms with Crippen molar-refractivity contribution in [2.24, 2.45) is 13.0 Å². The van der Waals surface area contributed by atoms with Crippen molar-refractivity contribution in [1.29, 1.82) is 0 Å². The number of nitrogens with one attached hydrogen (secondary N) is 1. The van der Waals surface area contributed by atoms with Crippen LogP contribution in [0, 0.1) is 5.92 Å². The monoisotopic (exact) mass is 221 g/mol. The molecule has 16 heavy (non-hydrogen) atoms. The lowest BCUT2D eigenvalue weighted by Crippen LogP contribution is -2.33. The van der Waals surface area contributed by atoms with Gasteiger partial charge in [-0.15, -0.1) is 0 Å². The van der Waals surface area contributed by atoms with Crippen molar-refractivity contribution in [3.05, 3.63) is 18.2 Å². The maximum Gasteiger partial charge on any atom is 0.125 e. The topological polar surface area (TPSA) is 39.1 Å². The van der Waals surface area contributed by atoms with Crippen molar-refractivity contribution in [1.82, 2.24) is 14.9 Å². The van der Waals surface area contributed by atoms with Gasteiger partial charge < -0.3 is 14.6 Å².